The average molecular weight is 250 g/mol. The van der Waals surface area contributed by atoms with E-state index in [1.165, 1.54) is 42.8 Å². The Kier molecular flexibility index (Phi) is 4.40. The third kappa shape index (κ3) is 2.75. The van der Waals surface area contributed by atoms with Crippen molar-refractivity contribution in [1.82, 2.24) is 14.7 Å². The van der Waals surface area contributed by atoms with E-state index in [1.807, 2.05) is 11.7 Å². The van der Waals surface area contributed by atoms with E-state index in [0.29, 0.717) is 6.04 Å². The van der Waals surface area contributed by atoms with E-state index >= 15 is 0 Å². The molecule has 0 bridgehead atoms. The summed E-state index contributed by atoms with van der Waals surface area (Å²) >= 11 is 0. The zero-order valence-electron chi connectivity index (χ0n) is 11.9. The first-order valence-electron chi connectivity index (χ1n) is 7.06. The number of aryl methyl sites for hydroxylation is 2. The molecule has 0 spiro atoms. The maximum atomic E-state index is 5.74. The van der Waals surface area contributed by atoms with Gasteiger partial charge in [-0.15, -0.1) is 0 Å². The third-order valence-electron chi connectivity index (χ3n) is 4.27. The first kappa shape index (κ1) is 13.6. The van der Waals surface area contributed by atoms with Gasteiger partial charge in [-0.25, -0.2) is 0 Å². The van der Waals surface area contributed by atoms with Gasteiger partial charge in [0.2, 0.25) is 0 Å². The zero-order valence-corrected chi connectivity index (χ0v) is 11.9. The lowest BCUT2D eigenvalue weighted by molar-refractivity contribution is 0.133. The zero-order chi connectivity index (χ0) is 13.1. The monoisotopic (exact) mass is 250 g/mol. The summed E-state index contributed by atoms with van der Waals surface area (Å²) in [6, 6.07) is 0.669. The van der Waals surface area contributed by atoms with Gasteiger partial charge in [0.25, 0.3) is 0 Å². The fourth-order valence-corrected chi connectivity index (χ4v) is 3.04. The standard InChI is InChI=1S/C14H26N4/c1-11-14(12(2)17(3)16-11)10-18-9-5-4-6-13(18)7-8-15/h13H,4-10,15H2,1-3H3. The minimum absolute atomic E-state index is 0.669. The summed E-state index contributed by atoms with van der Waals surface area (Å²) in [6.07, 6.45) is 5.10. The molecule has 102 valence electrons. The molecule has 1 saturated heterocycles. The molecule has 1 unspecified atom stereocenters. The summed E-state index contributed by atoms with van der Waals surface area (Å²) in [5, 5.41) is 4.51. The number of nitrogens with two attached hydrogens (primary N) is 1. The molecule has 2 rings (SSSR count). The molecule has 0 saturated carbocycles. The molecule has 1 atom stereocenters. The molecule has 0 amide bonds. The highest BCUT2D eigenvalue weighted by atomic mass is 15.3. The largest absolute Gasteiger partial charge is 0.330 e. The van der Waals surface area contributed by atoms with Crippen molar-refractivity contribution < 1.29 is 0 Å². The first-order valence-corrected chi connectivity index (χ1v) is 7.06. The topological polar surface area (TPSA) is 47.1 Å². The fourth-order valence-electron chi connectivity index (χ4n) is 3.04. The van der Waals surface area contributed by atoms with Crippen LogP contribution >= 0.6 is 0 Å². The molecule has 1 aliphatic rings. The van der Waals surface area contributed by atoms with Gasteiger partial charge < -0.3 is 5.73 Å². The SMILES string of the molecule is Cc1nn(C)c(C)c1CN1CCCCC1CCN. The normalized spacial score (nSPS) is 21.4. The van der Waals surface area contributed by atoms with Crippen molar-refractivity contribution in [2.24, 2.45) is 12.8 Å². The molecule has 1 aromatic heterocycles. The fraction of sp³-hybridized carbons (Fsp3) is 0.786. The van der Waals surface area contributed by atoms with E-state index in [9.17, 15) is 0 Å². The number of hydrogen-bond donors (Lipinski definition) is 1. The van der Waals surface area contributed by atoms with Gasteiger partial charge in [0.1, 0.15) is 0 Å². The van der Waals surface area contributed by atoms with Gasteiger partial charge in [-0.1, -0.05) is 6.42 Å². The molecule has 4 heteroatoms. The van der Waals surface area contributed by atoms with E-state index in [2.05, 4.69) is 23.8 Å². The molecule has 0 aliphatic carbocycles. The Morgan fingerprint density at radius 3 is 2.72 bits per heavy atom. The van der Waals surface area contributed by atoms with Crippen LogP contribution in [0.25, 0.3) is 0 Å². The molecular weight excluding hydrogens is 224 g/mol. The van der Waals surface area contributed by atoms with Crippen molar-refractivity contribution in [3.05, 3.63) is 17.0 Å². The molecular formula is C14H26N4. The number of aromatic nitrogens is 2. The number of piperidine rings is 1. The molecule has 1 fully saturated rings. The quantitative estimate of drug-likeness (QED) is 0.885. The molecule has 2 N–H and O–H groups in total. The number of likely N-dealkylation sites (tertiary alicyclic amines) is 1. The van der Waals surface area contributed by atoms with Crippen molar-refractivity contribution in [2.75, 3.05) is 13.1 Å². The maximum Gasteiger partial charge on any atom is 0.0641 e. The average Bonchev–Trinajstić information content (AvgIpc) is 2.59. The molecule has 1 aromatic rings. The van der Waals surface area contributed by atoms with Crippen LogP contribution in [0.2, 0.25) is 0 Å². The van der Waals surface area contributed by atoms with Gasteiger partial charge in [-0.2, -0.15) is 5.10 Å². The van der Waals surface area contributed by atoms with Crippen LogP contribution in [0.5, 0.6) is 0 Å². The lowest BCUT2D eigenvalue weighted by Crippen LogP contribution is -2.40. The Morgan fingerprint density at radius 2 is 2.11 bits per heavy atom. The molecule has 0 radical (unpaired) electrons. The summed E-state index contributed by atoms with van der Waals surface area (Å²) in [7, 11) is 2.03. The summed E-state index contributed by atoms with van der Waals surface area (Å²) in [4.78, 5) is 2.60. The predicted octanol–water partition coefficient (Wildman–Crippen LogP) is 1.74. The Morgan fingerprint density at radius 1 is 1.33 bits per heavy atom. The smallest absolute Gasteiger partial charge is 0.0641 e. The highest BCUT2D eigenvalue weighted by Gasteiger charge is 2.23. The lowest BCUT2D eigenvalue weighted by atomic mass is 9.98. The minimum Gasteiger partial charge on any atom is -0.330 e. The van der Waals surface area contributed by atoms with E-state index < -0.39 is 0 Å². The van der Waals surface area contributed by atoms with Gasteiger partial charge in [0.15, 0.2) is 0 Å². The summed E-state index contributed by atoms with van der Waals surface area (Å²) in [6.45, 7) is 7.32. The van der Waals surface area contributed by atoms with Crippen molar-refractivity contribution in [3.63, 3.8) is 0 Å². The number of hydrogen-bond acceptors (Lipinski definition) is 3. The Bertz CT molecular complexity index is 395. The van der Waals surface area contributed by atoms with Gasteiger partial charge in [0.05, 0.1) is 5.69 Å². The van der Waals surface area contributed by atoms with Gasteiger partial charge in [-0.3, -0.25) is 9.58 Å². The van der Waals surface area contributed by atoms with E-state index in [1.54, 1.807) is 0 Å². The highest BCUT2D eigenvalue weighted by Crippen LogP contribution is 2.23. The van der Waals surface area contributed by atoms with Crippen molar-refractivity contribution >= 4 is 0 Å². The van der Waals surface area contributed by atoms with Crippen LogP contribution in [0, 0.1) is 13.8 Å². The third-order valence-corrected chi connectivity index (χ3v) is 4.27. The van der Waals surface area contributed by atoms with E-state index in [4.69, 9.17) is 5.73 Å². The maximum absolute atomic E-state index is 5.74. The lowest BCUT2D eigenvalue weighted by Gasteiger charge is -2.35. The molecule has 1 aliphatic heterocycles. The van der Waals surface area contributed by atoms with Crippen LogP contribution in [0.1, 0.15) is 42.6 Å². The van der Waals surface area contributed by atoms with Crippen LogP contribution in [0.3, 0.4) is 0 Å². The Balaban J connectivity index is 2.10. The second-order valence-electron chi connectivity index (χ2n) is 5.47. The van der Waals surface area contributed by atoms with Gasteiger partial charge in [0, 0.05) is 30.9 Å². The number of rotatable bonds is 4. The highest BCUT2D eigenvalue weighted by molar-refractivity contribution is 5.24. The summed E-state index contributed by atoms with van der Waals surface area (Å²) in [5.41, 5.74) is 9.61. The Labute approximate surface area is 110 Å². The molecule has 2 heterocycles. The van der Waals surface area contributed by atoms with Crippen molar-refractivity contribution in [1.29, 1.82) is 0 Å². The van der Waals surface area contributed by atoms with E-state index in [0.717, 1.165) is 19.5 Å². The second kappa shape index (κ2) is 5.85. The van der Waals surface area contributed by atoms with Gasteiger partial charge >= 0.3 is 0 Å². The summed E-state index contributed by atoms with van der Waals surface area (Å²) < 4.78 is 1.99. The molecule has 4 nitrogen and oxygen atoms in total. The van der Waals surface area contributed by atoms with E-state index in [-0.39, 0.29) is 0 Å². The number of nitrogens with zero attached hydrogens (tertiary/aromatic N) is 3. The van der Waals surface area contributed by atoms with Crippen LogP contribution in [0.4, 0.5) is 0 Å². The minimum atomic E-state index is 0.669. The summed E-state index contributed by atoms with van der Waals surface area (Å²) in [5.74, 6) is 0. The van der Waals surface area contributed by atoms with Crippen molar-refractivity contribution in [2.45, 2.75) is 52.1 Å². The van der Waals surface area contributed by atoms with Crippen LogP contribution in [-0.2, 0) is 13.6 Å². The van der Waals surface area contributed by atoms with Crippen molar-refractivity contribution in [3.8, 4) is 0 Å². The van der Waals surface area contributed by atoms with Crippen LogP contribution in [0.15, 0.2) is 0 Å². The molecule has 0 aromatic carbocycles. The second-order valence-corrected chi connectivity index (χ2v) is 5.47. The van der Waals surface area contributed by atoms with Crippen LogP contribution in [-0.4, -0.2) is 33.8 Å². The first-order chi connectivity index (χ1) is 8.63. The predicted molar refractivity (Wildman–Crippen MR) is 74.4 cm³/mol. The Hall–Kier alpha value is -0.870. The van der Waals surface area contributed by atoms with Crippen LogP contribution < -0.4 is 5.73 Å². The van der Waals surface area contributed by atoms with Gasteiger partial charge in [-0.05, 0) is 46.2 Å². The molecule has 18 heavy (non-hydrogen) atoms.